The highest BCUT2D eigenvalue weighted by Gasteiger charge is 2.32. The number of piperidine rings is 1. The average molecular weight is 318 g/mol. The van der Waals surface area contributed by atoms with Crippen molar-refractivity contribution in [2.75, 3.05) is 33.7 Å². The van der Waals surface area contributed by atoms with Crippen molar-refractivity contribution in [3.05, 3.63) is 18.2 Å². The van der Waals surface area contributed by atoms with Crippen LogP contribution < -0.4 is 0 Å². The van der Waals surface area contributed by atoms with Crippen LogP contribution in [0.1, 0.15) is 50.3 Å². The van der Waals surface area contributed by atoms with Gasteiger partial charge in [0.25, 0.3) is 0 Å². The third-order valence-electron chi connectivity index (χ3n) is 5.34. The van der Waals surface area contributed by atoms with Crippen molar-refractivity contribution >= 4 is 5.91 Å². The van der Waals surface area contributed by atoms with Crippen LogP contribution in [0.15, 0.2) is 12.4 Å². The molecule has 0 N–H and O–H groups in total. The van der Waals surface area contributed by atoms with Gasteiger partial charge in [-0.1, -0.05) is 12.8 Å². The van der Waals surface area contributed by atoms with Crippen LogP contribution in [-0.2, 0) is 11.3 Å². The lowest BCUT2D eigenvalue weighted by Crippen LogP contribution is -2.42. The Balaban J connectivity index is 1.64. The normalized spacial score (nSPS) is 22.9. The van der Waals surface area contributed by atoms with Gasteiger partial charge in [-0.25, -0.2) is 4.98 Å². The molecule has 1 aliphatic heterocycles. The second-order valence-corrected chi connectivity index (χ2v) is 7.39. The van der Waals surface area contributed by atoms with E-state index in [0.717, 1.165) is 57.7 Å². The Kier molecular flexibility index (Phi) is 5.36. The quantitative estimate of drug-likeness (QED) is 0.837. The molecule has 23 heavy (non-hydrogen) atoms. The van der Waals surface area contributed by atoms with Crippen LogP contribution in [0.25, 0.3) is 0 Å². The summed E-state index contributed by atoms with van der Waals surface area (Å²) in [6.45, 7) is 3.77. The topological polar surface area (TPSA) is 41.4 Å². The van der Waals surface area contributed by atoms with Gasteiger partial charge in [-0.2, -0.15) is 0 Å². The van der Waals surface area contributed by atoms with E-state index in [1.54, 1.807) is 0 Å². The summed E-state index contributed by atoms with van der Waals surface area (Å²) in [6, 6.07) is 0. The summed E-state index contributed by atoms with van der Waals surface area (Å²) >= 11 is 0. The Morgan fingerprint density at radius 1 is 1.26 bits per heavy atom. The molecule has 5 heteroatoms. The molecule has 0 unspecified atom stereocenters. The standard InChI is InChI=1S/C18H30N4O/c1-20(2)12-13-21-11-9-19-17(21)16-8-5-10-22(14-16)18(23)15-6-3-4-7-15/h9,11,15-16H,3-8,10,12-14H2,1-2H3/t16-/m1/s1. The molecule has 1 aromatic rings. The number of nitrogens with zero attached hydrogens (tertiary/aromatic N) is 4. The summed E-state index contributed by atoms with van der Waals surface area (Å²) in [6.07, 6.45) is 10.9. The number of aromatic nitrogens is 2. The van der Waals surface area contributed by atoms with Crippen molar-refractivity contribution < 1.29 is 4.79 Å². The van der Waals surface area contributed by atoms with Crippen LogP contribution in [0.5, 0.6) is 0 Å². The van der Waals surface area contributed by atoms with E-state index in [0.29, 0.717) is 17.7 Å². The van der Waals surface area contributed by atoms with Gasteiger partial charge in [-0.15, -0.1) is 0 Å². The molecule has 1 aromatic heterocycles. The number of imidazole rings is 1. The highest BCUT2D eigenvalue weighted by molar-refractivity contribution is 5.79. The number of hydrogen-bond donors (Lipinski definition) is 0. The highest BCUT2D eigenvalue weighted by atomic mass is 16.2. The first-order valence-corrected chi connectivity index (χ1v) is 9.09. The van der Waals surface area contributed by atoms with Crippen molar-refractivity contribution in [2.45, 2.75) is 51.0 Å². The maximum absolute atomic E-state index is 12.7. The van der Waals surface area contributed by atoms with Gasteiger partial charge >= 0.3 is 0 Å². The number of likely N-dealkylation sites (N-methyl/N-ethyl adjacent to an activating group) is 1. The van der Waals surface area contributed by atoms with Crippen molar-refractivity contribution in [1.29, 1.82) is 0 Å². The molecule has 3 rings (SSSR count). The molecule has 1 amide bonds. The molecule has 0 aromatic carbocycles. The molecule has 1 atom stereocenters. The summed E-state index contributed by atoms with van der Waals surface area (Å²) < 4.78 is 2.27. The number of carbonyl (C=O) groups is 1. The molecule has 0 spiro atoms. The molecule has 128 valence electrons. The number of amides is 1. The Morgan fingerprint density at radius 3 is 2.78 bits per heavy atom. The van der Waals surface area contributed by atoms with Crippen LogP contribution in [0.2, 0.25) is 0 Å². The smallest absolute Gasteiger partial charge is 0.225 e. The monoisotopic (exact) mass is 318 g/mol. The zero-order valence-corrected chi connectivity index (χ0v) is 14.6. The first kappa shape index (κ1) is 16.5. The molecular formula is C18H30N4O. The van der Waals surface area contributed by atoms with E-state index < -0.39 is 0 Å². The average Bonchev–Trinajstić information content (AvgIpc) is 3.23. The minimum atomic E-state index is 0.294. The Hall–Kier alpha value is -1.36. The third-order valence-corrected chi connectivity index (χ3v) is 5.34. The Morgan fingerprint density at radius 2 is 2.04 bits per heavy atom. The van der Waals surface area contributed by atoms with Gasteiger partial charge in [0.05, 0.1) is 0 Å². The largest absolute Gasteiger partial charge is 0.342 e. The maximum atomic E-state index is 12.7. The summed E-state index contributed by atoms with van der Waals surface area (Å²) in [7, 11) is 4.19. The number of carbonyl (C=O) groups excluding carboxylic acids is 1. The molecule has 0 bridgehead atoms. The number of hydrogen-bond acceptors (Lipinski definition) is 3. The van der Waals surface area contributed by atoms with E-state index in [-0.39, 0.29) is 0 Å². The van der Waals surface area contributed by atoms with E-state index in [2.05, 4.69) is 39.6 Å². The van der Waals surface area contributed by atoms with Gasteiger partial charge in [0.1, 0.15) is 5.82 Å². The summed E-state index contributed by atoms with van der Waals surface area (Å²) in [5.74, 6) is 2.25. The molecule has 5 nitrogen and oxygen atoms in total. The van der Waals surface area contributed by atoms with Crippen molar-refractivity contribution in [2.24, 2.45) is 5.92 Å². The molecule has 1 aliphatic carbocycles. The fraction of sp³-hybridized carbons (Fsp3) is 0.778. The zero-order valence-electron chi connectivity index (χ0n) is 14.6. The molecule has 2 aliphatic rings. The summed E-state index contributed by atoms with van der Waals surface area (Å²) in [5.41, 5.74) is 0. The predicted molar refractivity (Wildman–Crippen MR) is 91.3 cm³/mol. The predicted octanol–water partition coefficient (Wildman–Crippen LogP) is 2.34. The highest BCUT2D eigenvalue weighted by Crippen LogP contribution is 2.31. The van der Waals surface area contributed by atoms with Gasteiger partial charge in [0.15, 0.2) is 0 Å². The SMILES string of the molecule is CN(C)CCn1ccnc1[C@@H]1CCCN(C(=O)C2CCCC2)C1. The number of likely N-dealkylation sites (tertiary alicyclic amines) is 1. The van der Waals surface area contributed by atoms with Gasteiger partial charge in [0, 0.05) is 50.4 Å². The van der Waals surface area contributed by atoms with Crippen molar-refractivity contribution in [3.63, 3.8) is 0 Å². The van der Waals surface area contributed by atoms with Crippen LogP contribution in [-0.4, -0.2) is 59.0 Å². The molecule has 1 saturated heterocycles. The molecule has 2 heterocycles. The second-order valence-electron chi connectivity index (χ2n) is 7.39. The van der Waals surface area contributed by atoms with E-state index in [4.69, 9.17) is 0 Å². The van der Waals surface area contributed by atoms with Crippen LogP contribution >= 0.6 is 0 Å². The molecule has 2 fully saturated rings. The molecule has 0 radical (unpaired) electrons. The summed E-state index contributed by atoms with van der Waals surface area (Å²) in [5, 5.41) is 0. The van der Waals surface area contributed by atoms with E-state index in [1.165, 1.54) is 12.8 Å². The van der Waals surface area contributed by atoms with Gasteiger partial charge in [-0.3, -0.25) is 4.79 Å². The van der Waals surface area contributed by atoms with Crippen LogP contribution in [0.3, 0.4) is 0 Å². The van der Waals surface area contributed by atoms with Crippen LogP contribution in [0.4, 0.5) is 0 Å². The molecule has 1 saturated carbocycles. The first-order valence-electron chi connectivity index (χ1n) is 9.09. The van der Waals surface area contributed by atoms with Gasteiger partial charge < -0.3 is 14.4 Å². The van der Waals surface area contributed by atoms with Crippen molar-refractivity contribution in [3.8, 4) is 0 Å². The number of rotatable bonds is 5. The lowest BCUT2D eigenvalue weighted by Gasteiger charge is -2.34. The van der Waals surface area contributed by atoms with E-state index >= 15 is 0 Å². The fourth-order valence-electron chi connectivity index (χ4n) is 4.00. The van der Waals surface area contributed by atoms with Crippen molar-refractivity contribution in [1.82, 2.24) is 19.4 Å². The minimum Gasteiger partial charge on any atom is -0.342 e. The summed E-state index contributed by atoms with van der Waals surface area (Å²) in [4.78, 5) is 21.6. The molecular weight excluding hydrogens is 288 g/mol. The Bertz CT molecular complexity index is 519. The van der Waals surface area contributed by atoms with Gasteiger partial charge in [-0.05, 0) is 39.8 Å². The Labute approximate surface area is 139 Å². The minimum absolute atomic E-state index is 0.294. The zero-order chi connectivity index (χ0) is 16.2. The van der Waals surface area contributed by atoms with E-state index in [9.17, 15) is 4.79 Å². The van der Waals surface area contributed by atoms with E-state index in [1.807, 2.05) is 6.20 Å². The second kappa shape index (κ2) is 7.47. The van der Waals surface area contributed by atoms with Crippen LogP contribution in [0, 0.1) is 5.92 Å². The van der Waals surface area contributed by atoms with Gasteiger partial charge in [0.2, 0.25) is 5.91 Å². The maximum Gasteiger partial charge on any atom is 0.225 e. The lowest BCUT2D eigenvalue weighted by atomic mass is 9.95. The lowest BCUT2D eigenvalue weighted by molar-refractivity contribution is -0.136. The third kappa shape index (κ3) is 3.94. The fourth-order valence-corrected chi connectivity index (χ4v) is 4.00. The first-order chi connectivity index (χ1) is 11.1.